The molecule has 0 saturated carbocycles. The number of nitrogens with one attached hydrogen (secondary N) is 1. The normalized spacial score (nSPS) is 11.0. The fourth-order valence-corrected chi connectivity index (χ4v) is 0.914. The van der Waals surface area contributed by atoms with Crippen molar-refractivity contribution in [3.05, 3.63) is 35.9 Å². The van der Waals surface area contributed by atoms with Gasteiger partial charge in [-0.1, -0.05) is 35.5 Å². The van der Waals surface area contributed by atoms with Gasteiger partial charge in [-0.3, -0.25) is 4.79 Å². The van der Waals surface area contributed by atoms with Crippen molar-refractivity contribution in [2.45, 2.75) is 6.54 Å². The van der Waals surface area contributed by atoms with Gasteiger partial charge in [0.2, 0.25) is 5.84 Å². The summed E-state index contributed by atoms with van der Waals surface area (Å²) in [4.78, 5) is 11.0. The summed E-state index contributed by atoms with van der Waals surface area (Å²) in [6.45, 7) is 0.357. The quantitative estimate of drug-likeness (QED) is 0.268. The van der Waals surface area contributed by atoms with E-state index in [1.54, 1.807) is 0 Å². The number of amidine groups is 1. The molecule has 5 heteroatoms. The zero-order chi connectivity index (χ0) is 10.4. The number of carbonyl (C=O) groups excluding carboxylic acids is 1. The number of hydrogen-bond acceptors (Lipinski definition) is 3. The Hall–Kier alpha value is -2.04. The molecule has 1 aromatic rings. The molecule has 0 atom stereocenters. The van der Waals surface area contributed by atoms with E-state index in [2.05, 4.69) is 10.5 Å². The molecule has 0 aliphatic carbocycles. The summed E-state index contributed by atoms with van der Waals surface area (Å²) < 4.78 is 0. The van der Waals surface area contributed by atoms with Crippen molar-refractivity contribution in [3.8, 4) is 0 Å². The Morgan fingerprint density at radius 1 is 1.43 bits per heavy atom. The lowest BCUT2D eigenvalue weighted by atomic mass is 10.2. The predicted molar refractivity (Wildman–Crippen MR) is 51.7 cm³/mol. The number of rotatable bonds is 2. The van der Waals surface area contributed by atoms with Gasteiger partial charge in [0.1, 0.15) is 0 Å². The molecule has 0 heterocycles. The summed E-state index contributed by atoms with van der Waals surface area (Å²) >= 11 is 0. The van der Waals surface area contributed by atoms with Gasteiger partial charge >= 0.3 is 0 Å². The molecule has 0 saturated heterocycles. The monoisotopic (exact) mass is 193 g/mol. The van der Waals surface area contributed by atoms with Crippen molar-refractivity contribution in [2.75, 3.05) is 0 Å². The van der Waals surface area contributed by atoms with E-state index in [4.69, 9.17) is 10.9 Å². The van der Waals surface area contributed by atoms with E-state index in [9.17, 15) is 4.79 Å². The first-order chi connectivity index (χ1) is 6.74. The van der Waals surface area contributed by atoms with Crippen LogP contribution in [0.2, 0.25) is 0 Å². The molecule has 0 fully saturated rings. The first kappa shape index (κ1) is 10.0. The summed E-state index contributed by atoms with van der Waals surface area (Å²) in [6, 6.07) is 9.35. The summed E-state index contributed by atoms with van der Waals surface area (Å²) in [5.74, 6) is -1.03. The van der Waals surface area contributed by atoms with E-state index < -0.39 is 11.7 Å². The highest BCUT2D eigenvalue weighted by molar-refractivity contribution is 6.36. The van der Waals surface area contributed by atoms with Gasteiger partial charge < -0.3 is 16.3 Å². The first-order valence-corrected chi connectivity index (χ1v) is 4.03. The Kier molecular flexibility index (Phi) is 3.49. The molecule has 1 amide bonds. The number of oxime groups is 1. The minimum Gasteiger partial charge on any atom is -0.409 e. The van der Waals surface area contributed by atoms with Crippen LogP contribution in [0.4, 0.5) is 0 Å². The third-order valence-corrected chi connectivity index (χ3v) is 1.64. The second-order valence-corrected chi connectivity index (χ2v) is 2.65. The van der Waals surface area contributed by atoms with Crippen molar-refractivity contribution in [3.63, 3.8) is 0 Å². The molecule has 0 aromatic heterocycles. The van der Waals surface area contributed by atoms with Gasteiger partial charge in [-0.15, -0.1) is 0 Å². The molecule has 0 spiro atoms. The van der Waals surface area contributed by atoms with Crippen LogP contribution in [0.1, 0.15) is 5.56 Å². The number of nitrogens with two attached hydrogens (primary N) is 1. The number of hydrogen-bond donors (Lipinski definition) is 3. The molecular weight excluding hydrogens is 182 g/mol. The third kappa shape index (κ3) is 2.78. The van der Waals surface area contributed by atoms with Crippen LogP contribution in [0.25, 0.3) is 0 Å². The zero-order valence-corrected chi connectivity index (χ0v) is 7.47. The highest BCUT2D eigenvalue weighted by atomic mass is 16.4. The topological polar surface area (TPSA) is 87.7 Å². The molecule has 0 aliphatic rings. The number of nitrogens with zero attached hydrogens (tertiary/aromatic N) is 1. The molecule has 0 radical (unpaired) electrons. The van der Waals surface area contributed by atoms with Gasteiger partial charge in [0.05, 0.1) is 0 Å². The van der Waals surface area contributed by atoms with Crippen LogP contribution in [0, 0.1) is 0 Å². The standard InChI is InChI=1S/C9H11N3O2/c10-8(12-14)9(13)11-6-7-4-2-1-3-5-7/h1-5,14H,6H2,(H2,10,12)(H,11,13). The summed E-state index contributed by atoms with van der Waals surface area (Å²) in [6.07, 6.45) is 0. The maximum atomic E-state index is 11.0. The number of amides is 1. The molecule has 1 aromatic carbocycles. The Balaban J connectivity index is 2.46. The van der Waals surface area contributed by atoms with Crippen LogP contribution < -0.4 is 11.1 Å². The van der Waals surface area contributed by atoms with E-state index in [-0.39, 0.29) is 0 Å². The van der Waals surface area contributed by atoms with Crippen LogP contribution in [0.5, 0.6) is 0 Å². The van der Waals surface area contributed by atoms with Crippen molar-refractivity contribution in [1.29, 1.82) is 0 Å². The molecule has 74 valence electrons. The van der Waals surface area contributed by atoms with Crippen molar-refractivity contribution < 1.29 is 10.0 Å². The van der Waals surface area contributed by atoms with E-state index >= 15 is 0 Å². The minimum absolute atomic E-state index is 0.357. The van der Waals surface area contributed by atoms with Gasteiger partial charge in [0.15, 0.2) is 0 Å². The molecule has 0 bridgehead atoms. The third-order valence-electron chi connectivity index (χ3n) is 1.64. The second-order valence-electron chi connectivity index (χ2n) is 2.65. The van der Waals surface area contributed by atoms with E-state index in [1.165, 1.54) is 0 Å². The average Bonchev–Trinajstić information content (AvgIpc) is 2.26. The molecule has 0 unspecified atom stereocenters. The molecular formula is C9H11N3O2. The smallest absolute Gasteiger partial charge is 0.290 e. The lowest BCUT2D eigenvalue weighted by Gasteiger charge is -2.02. The Morgan fingerprint density at radius 3 is 2.64 bits per heavy atom. The average molecular weight is 193 g/mol. The summed E-state index contributed by atoms with van der Waals surface area (Å²) in [7, 11) is 0. The van der Waals surface area contributed by atoms with E-state index in [1.807, 2.05) is 30.3 Å². The summed E-state index contributed by atoms with van der Waals surface area (Å²) in [5.41, 5.74) is 6.02. The Morgan fingerprint density at radius 2 is 2.07 bits per heavy atom. The SMILES string of the molecule is N/C(=N\O)C(=O)NCc1ccccc1. The molecule has 4 N–H and O–H groups in total. The fraction of sp³-hybridized carbons (Fsp3) is 0.111. The maximum Gasteiger partial charge on any atom is 0.290 e. The minimum atomic E-state index is -0.587. The number of carbonyl (C=O) groups is 1. The van der Waals surface area contributed by atoms with Gasteiger partial charge in [0, 0.05) is 6.54 Å². The van der Waals surface area contributed by atoms with E-state index in [0.717, 1.165) is 5.56 Å². The summed E-state index contributed by atoms with van der Waals surface area (Å²) in [5, 5.41) is 13.3. The van der Waals surface area contributed by atoms with E-state index in [0.29, 0.717) is 6.54 Å². The van der Waals surface area contributed by atoms with Gasteiger partial charge in [0.25, 0.3) is 5.91 Å². The van der Waals surface area contributed by atoms with Crippen LogP contribution in [-0.2, 0) is 11.3 Å². The van der Waals surface area contributed by atoms with Crippen LogP contribution in [0.15, 0.2) is 35.5 Å². The van der Waals surface area contributed by atoms with Crippen LogP contribution in [0.3, 0.4) is 0 Å². The largest absolute Gasteiger partial charge is 0.409 e. The van der Waals surface area contributed by atoms with Crippen molar-refractivity contribution in [1.82, 2.24) is 5.32 Å². The highest BCUT2D eigenvalue weighted by Gasteiger charge is 2.05. The Bertz CT molecular complexity index is 335. The Labute approximate surface area is 81.2 Å². The predicted octanol–water partition coefficient (Wildman–Crippen LogP) is 0.0492. The van der Waals surface area contributed by atoms with Gasteiger partial charge in [-0.25, -0.2) is 0 Å². The van der Waals surface area contributed by atoms with Crippen molar-refractivity contribution >= 4 is 11.7 Å². The number of benzene rings is 1. The first-order valence-electron chi connectivity index (χ1n) is 4.03. The molecule has 1 rings (SSSR count). The molecule has 0 aliphatic heterocycles. The van der Waals surface area contributed by atoms with Crippen molar-refractivity contribution in [2.24, 2.45) is 10.9 Å². The fourth-order valence-electron chi connectivity index (χ4n) is 0.914. The molecule has 14 heavy (non-hydrogen) atoms. The van der Waals surface area contributed by atoms with Gasteiger partial charge in [-0.2, -0.15) is 0 Å². The highest BCUT2D eigenvalue weighted by Crippen LogP contribution is 1.96. The van der Waals surface area contributed by atoms with Gasteiger partial charge in [-0.05, 0) is 5.56 Å². The van der Waals surface area contributed by atoms with Crippen LogP contribution >= 0.6 is 0 Å². The van der Waals surface area contributed by atoms with Crippen LogP contribution in [-0.4, -0.2) is 17.0 Å². The zero-order valence-electron chi connectivity index (χ0n) is 7.47. The maximum absolute atomic E-state index is 11.0. The molecule has 5 nitrogen and oxygen atoms in total. The lowest BCUT2D eigenvalue weighted by Crippen LogP contribution is -2.35. The second kappa shape index (κ2) is 4.86. The lowest BCUT2D eigenvalue weighted by molar-refractivity contribution is -0.115.